The van der Waals surface area contributed by atoms with E-state index in [0.29, 0.717) is 12.1 Å². The molecule has 2 aromatic heterocycles. The Kier molecular flexibility index (Phi) is 3.28. The molecule has 2 aliphatic heterocycles. The lowest BCUT2D eigenvalue weighted by Gasteiger charge is -2.27. The van der Waals surface area contributed by atoms with Crippen molar-refractivity contribution in [1.82, 2.24) is 24.2 Å². The van der Waals surface area contributed by atoms with Gasteiger partial charge in [0, 0.05) is 44.8 Å². The van der Waals surface area contributed by atoms with Gasteiger partial charge in [-0.1, -0.05) is 12.1 Å². The molecule has 25 heavy (non-hydrogen) atoms. The SMILES string of the molecule is Cn1nccc1CN1[C@@H]2CC[C@@H]1Cn1c(nc3ccccc3c1=O)C2. The first-order valence-corrected chi connectivity index (χ1v) is 8.92. The van der Waals surface area contributed by atoms with Gasteiger partial charge >= 0.3 is 0 Å². The van der Waals surface area contributed by atoms with Crippen LogP contribution in [0.4, 0.5) is 0 Å². The first-order valence-electron chi connectivity index (χ1n) is 8.92. The normalized spacial score (nSPS) is 22.9. The first-order chi connectivity index (χ1) is 12.2. The smallest absolute Gasteiger partial charge is 0.261 e. The lowest BCUT2D eigenvalue weighted by Crippen LogP contribution is -2.37. The first kappa shape index (κ1) is 14.8. The van der Waals surface area contributed by atoms with Crippen LogP contribution >= 0.6 is 0 Å². The Morgan fingerprint density at radius 2 is 2.00 bits per heavy atom. The average molecular weight is 335 g/mol. The second-order valence-corrected chi connectivity index (χ2v) is 7.17. The van der Waals surface area contributed by atoms with E-state index < -0.39 is 0 Å². The minimum atomic E-state index is 0.105. The van der Waals surface area contributed by atoms with Crippen LogP contribution in [-0.4, -0.2) is 36.3 Å². The van der Waals surface area contributed by atoms with Crippen LogP contribution in [0.1, 0.15) is 24.4 Å². The molecule has 0 saturated carbocycles. The summed E-state index contributed by atoms with van der Waals surface area (Å²) in [5, 5.41) is 5.01. The van der Waals surface area contributed by atoms with Crippen LogP contribution in [0.2, 0.25) is 0 Å². The van der Waals surface area contributed by atoms with E-state index in [-0.39, 0.29) is 5.56 Å². The van der Waals surface area contributed by atoms with Crippen molar-refractivity contribution in [3.8, 4) is 0 Å². The zero-order valence-electron chi connectivity index (χ0n) is 14.3. The van der Waals surface area contributed by atoms with Gasteiger partial charge in [0.2, 0.25) is 0 Å². The van der Waals surface area contributed by atoms with E-state index in [1.807, 2.05) is 46.8 Å². The molecular weight excluding hydrogens is 314 g/mol. The Morgan fingerprint density at radius 1 is 1.16 bits per heavy atom. The molecule has 6 heteroatoms. The number of aryl methyl sites for hydroxylation is 1. The average Bonchev–Trinajstić information content (AvgIpc) is 3.13. The predicted octanol–water partition coefficient (Wildman–Crippen LogP) is 1.72. The van der Waals surface area contributed by atoms with E-state index in [1.165, 1.54) is 12.1 Å². The van der Waals surface area contributed by atoms with E-state index >= 15 is 0 Å². The Bertz CT molecular complexity index is 1000. The molecule has 2 bridgehead atoms. The van der Waals surface area contributed by atoms with Gasteiger partial charge in [-0.05, 0) is 31.0 Å². The third-order valence-corrected chi connectivity index (χ3v) is 5.79. The van der Waals surface area contributed by atoms with Gasteiger partial charge in [-0.25, -0.2) is 4.98 Å². The fraction of sp³-hybridized carbons (Fsp3) is 0.421. The predicted molar refractivity (Wildman–Crippen MR) is 95.3 cm³/mol. The molecule has 3 aromatic rings. The van der Waals surface area contributed by atoms with Crippen LogP contribution in [-0.2, 0) is 26.6 Å². The number of hydrogen-bond acceptors (Lipinski definition) is 4. The highest BCUT2D eigenvalue weighted by Crippen LogP contribution is 2.32. The van der Waals surface area contributed by atoms with Crippen LogP contribution in [0, 0.1) is 0 Å². The van der Waals surface area contributed by atoms with Gasteiger partial charge < -0.3 is 0 Å². The Balaban J connectivity index is 1.56. The number of fused-ring (bicyclic) bond motifs is 4. The highest BCUT2D eigenvalue weighted by Gasteiger charge is 2.38. The van der Waals surface area contributed by atoms with Gasteiger partial charge in [-0.15, -0.1) is 0 Å². The number of aromatic nitrogens is 4. The lowest BCUT2D eigenvalue weighted by atomic mass is 10.1. The van der Waals surface area contributed by atoms with Crippen molar-refractivity contribution in [2.75, 3.05) is 0 Å². The van der Waals surface area contributed by atoms with Crippen LogP contribution < -0.4 is 5.56 Å². The molecule has 1 fully saturated rings. The third-order valence-electron chi connectivity index (χ3n) is 5.79. The van der Waals surface area contributed by atoms with Crippen molar-refractivity contribution in [2.45, 2.75) is 44.4 Å². The molecule has 2 aliphatic rings. The van der Waals surface area contributed by atoms with Crippen LogP contribution in [0.25, 0.3) is 10.9 Å². The lowest BCUT2D eigenvalue weighted by molar-refractivity contribution is 0.176. The van der Waals surface area contributed by atoms with Crippen molar-refractivity contribution >= 4 is 10.9 Å². The fourth-order valence-electron chi connectivity index (χ4n) is 4.41. The minimum Gasteiger partial charge on any atom is -0.294 e. The van der Waals surface area contributed by atoms with Crippen molar-refractivity contribution in [3.63, 3.8) is 0 Å². The quantitative estimate of drug-likeness (QED) is 0.715. The van der Waals surface area contributed by atoms with Crippen molar-refractivity contribution < 1.29 is 0 Å². The van der Waals surface area contributed by atoms with Gasteiger partial charge in [0.25, 0.3) is 5.56 Å². The molecule has 0 amide bonds. The molecule has 0 unspecified atom stereocenters. The zero-order valence-corrected chi connectivity index (χ0v) is 14.3. The summed E-state index contributed by atoms with van der Waals surface area (Å²) in [6.45, 7) is 1.62. The fourth-order valence-corrected chi connectivity index (χ4v) is 4.41. The van der Waals surface area contributed by atoms with E-state index in [2.05, 4.69) is 16.1 Å². The number of hydrogen-bond donors (Lipinski definition) is 0. The molecular formula is C19H21N5O. The largest absolute Gasteiger partial charge is 0.294 e. The van der Waals surface area contributed by atoms with Gasteiger partial charge in [-0.3, -0.25) is 18.9 Å². The van der Waals surface area contributed by atoms with Gasteiger partial charge in [0.1, 0.15) is 5.82 Å². The molecule has 4 heterocycles. The third kappa shape index (κ3) is 2.32. The highest BCUT2D eigenvalue weighted by molar-refractivity contribution is 5.77. The summed E-state index contributed by atoms with van der Waals surface area (Å²) in [7, 11) is 1.99. The molecule has 0 N–H and O–H groups in total. The maximum absolute atomic E-state index is 13.0. The van der Waals surface area contributed by atoms with Crippen LogP contribution in [0.3, 0.4) is 0 Å². The molecule has 1 saturated heterocycles. The van der Waals surface area contributed by atoms with E-state index in [4.69, 9.17) is 4.98 Å². The zero-order chi connectivity index (χ0) is 17.0. The van der Waals surface area contributed by atoms with Crippen molar-refractivity contribution in [2.24, 2.45) is 7.05 Å². The number of benzene rings is 1. The molecule has 1 aromatic carbocycles. The standard InChI is InChI=1S/C19H21N5O/c1-22-14(8-9-20-22)11-23-13-6-7-15(23)12-24-18(10-13)21-17-5-3-2-4-16(17)19(24)25/h2-5,8-9,13,15H,6-7,10-12H2,1H3/t13-,15-/m1/s1. The molecule has 5 rings (SSSR count). The molecule has 128 valence electrons. The summed E-state index contributed by atoms with van der Waals surface area (Å²) < 4.78 is 3.86. The summed E-state index contributed by atoms with van der Waals surface area (Å²) in [5.74, 6) is 0.936. The van der Waals surface area contributed by atoms with Gasteiger partial charge in [-0.2, -0.15) is 5.10 Å². The van der Waals surface area contributed by atoms with Gasteiger partial charge in [0.15, 0.2) is 0 Å². The molecule has 0 spiro atoms. The molecule has 0 aliphatic carbocycles. The second-order valence-electron chi connectivity index (χ2n) is 7.17. The van der Waals surface area contributed by atoms with Crippen molar-refractivity contribution in [1.29, 1.82) is 0 Å². The van der Waals surface area contributed by atoms with Gasteiger partial charge in [0.05, 0.1) is 16.6 Å². The Labute approximate surface area is 145 Å². The van der Waals surface area contributed by atoms with E-state index in [0.717, 1.165) is 42.7 Å². The molecule has 2 atom stereocenters. The highest BCUT2D eigenvalue weighted by atomic mass is 16.1. The summed E-state index contributed by atoms with van der Waals surface area (Å²) in [6.07, 6.45) is 5.00. The van der Waals surface area contributed by atoms with Crippen LogP contribution in [0.5, 0.6) is 0 Å². The minimum absolute atomic E-state index is 0.105. The Morgan fingerprint density at radius 3 is 2.84 bits per heavy atom. The summed E-state index contributed by atoms with van der Waals surface area (Å²) >= 11 is 0. The summed E-state index contributed by atoms with van der Waals surface area (Å²) in [5.41, 5.74) is 2.14. The number of nitrogens with zero attached hydrogens (tertiary/aromatic N) is 5. The van der Waals surface area contributed by atoms with Crippen molar-refractivity contribution in [3.05, 3.63) is 58.4 Å². The second kappa shape index (κ2) is 5.52. The monoisotopic (exact) mass is 335 g/mol. The molecule has 6 nitrogen and oxygen atoms in total. The summed E-state index contributed by atoms with van der Waals surface area (Å²) in [6, 6.07) is 10.6. The topological polar surface area (TPSA) is 56.0 Å². The van der Waals surface area contributed by atoms with E-state index in [1.54, 1.807) is 0 Å². The number of para-hydroxylation sites is 1. The summed E-state index contributed by atoms with van der Waals surface area (Å²) in [4.78, 5) is 20.3. The maximum atomic E-state index is 13.0. The number of rotatable bonds is 2. The van der Waals surface area contributed by atoms with Crippen LogP contribution in [0.15, 0.2) is 41.3 Å². The Hall–Kier alpha value is -2.47. The molecule has 0 radical (unpaired) electrons. The van der Waals surface area contributed by atoms with E-state index in [9.17, 15) is 4.79 Å². The maximum Gasteiger partial charge on any atom is 0.261 e.